The van der Waals surface area contributed by atoms with Crippen molar-refractivity contribution < 1.29 is 13.2 Å². The van der Waals surface area contributed by atoms with Gasteiger partial charge in [-0.25, -0.2) is 0 Å². The second kappa shape index (κ2) is 3.08. The highest BCUT2D eigenvalue weighted by atomic mass is 79.9. The lowest BCUT2D eigenvalue weighted by molar-refractivity contribution is -0.144. The van der Waals surface area contributed by atoms with Crippen molar-refractivity contribution in [3.8, 4) is 0 Å². The van der Waals surface area contributed by atoms with Gasteiger partial charge in [-0.2, -0.15) is 18.3 Å². The predicted octanol–water partition coefficient (Wildman–Crippen LogP) is 2.68. The van der Waals surface area contributed by atoms with Crippen molar-refractivity contribution in [2.24, 2.45) is 0 Å². The van der Waals surface area contributed by atoms with E-state index in [2.05, 4.69) is 21.0 Å². The van der Waals surface area contributed by atoms with Gasteiger partial charge in [0.2, 0.25) is 0 Å². The van der Waals surface area contributed by atoms with Crippen LogP contribution in [-0.4, -0.2) is 9.78 Å². The van der Waals surface area contributed by atoms with Crippen LogP contribution in [0.2, 0.25) is 0 Å². The van der Waals surface area contributed by atoms with Crippen molar-refractivity contribution in [1.29, 1.82) is 0 Å². The van der Waals surface area contributed by atoms with Crippen molar-refractivity contribution in [3.63, 3.8) is 0 Å². The average Bonchev–Trinajstić information content (AvgIpc) is 2.29. The van der Waals surface area contributed by atoms with Crippen LogP contribution < -0.4 is 0 Å². The van der Waals surface area contributed by atoms with E-state index < -0.39 is 11.9 Å². The molecule has 0 amide bonds. The quantitative estimate of drug-likeness (QED) is 0.741. The molecule has 1 heterocycles. The number of aryl methyl sites for hydroxylation is 1. The number of alkyl halides is 3. The SMILES string of the molecule is CCn1nc(Br)cc1C(F)(F)F. The van der Waals surface area contributed by atoms with E-state index in [0.29, 0.717) is 0 Å². The first-order valence-electron chi connectivity index (χ1n) is 3.25. The van der Waals surface area contributed by atoms with E-state index >= 15 is 0 Å². The summed E-state index contributed by atoms with van der Waals surface area (Å²) in [4.78, 5) is 0. The Kier molecular flexibility index (Phi) is 2.46. The highest BCUT2D eigenvalue weighted by Crippen LogP contribution is 2.30. The van der Waals surface area contributed by atoms with Gasteiger partial charge in [-0.15, -0.1) is 0 Å². The van der Waals surface area contributed by atoms with Gasteiger partial charge < -0.3 is 0 Å². The molecule has 0 saturated heterocycles. The van der Waals surface area contributed by atoms with Crippen molar-refractivity contribution in [1.82, 2.24) is 9.78 Å². The van der Waals surface area contributed by atoms with Gasteiger partial charge in [0.05, 0.1) is 0 Å². The van der Waals surface area contributed by atoms with Crippen molar-refractivity contribution in [2.75, 3.05) is 0 Å². The second-order valence-electron chi connectivity index (χ2n) is 2.17. The maximum absolute atomic E-state index is 12.2. The van der Waals surface area contributed by atoms with Crippen LogP contribution >= 0.6 is 15.9 Å². The fourth-order valence-corrected chi connectivity index (χ4v) is 1.26. The number of rotatable bonds is 1. The Balaban J connectivity index is 3.13. The normalized spacial score (nSPS) is 12.1. The van der Waals surface area contributed by atoms with Gasteiger partial charge in [0, 0.05) is 12.6 Å². The zero-order valence-electron chi connectivity index (χ0n) is 6.19. The molecule has 12 heavy (non-hydrogen) atoms. The van der Waals surface area contributed by atoms with Crippen LogP contribution in [0, 0.1) is 0 Å². The molecule has 0 aliphatic heterocycles. The first-order valence-corrected chi connectivity index (χ1v) is 4.05. The molecule has 0 aromatic carbocycles. The highest BCUT2D eigenvalue weighted by Gasteiger charge is 2.35. The van der Waals surface area contributed by atoms with E-state index in [1.54, 1.807) is 6.92 Å². The van der Waals surface area contributed by atoms with Crippen molar-refractivity contribution in [2.45, 2.75) is 19.6 Å². The lowest BCUT2D eigenvalue weighted by Gasteiger charge is -2.06. The number of halogens is 4. The Bertz CT molecular complexity index is 279. The molecule has 0 aliphatic rings. The monoisotopic (exact) mass is 242 g/mol. The summed E-state index contributed by atoms with van der Waals surface area (Å²) in [6.45, 7) is 1.81. The fourth-order valence-electron chi connectivity index (χ4n) is 0.855. The highest BCUT2D eigenvalue weighted by molar-refractivity contribution is 9.10. The van der Waals surface area contributed by atoms with E-state index in [-0.39, 0.29) is 11.1 Å². The number of hydrogen-bond acceptors (Lipinski definition) is 1. The number of hydrogen-bond donors (Lipinski definition) is 0. The van der Waals surface area contributed by atoms with Crippen LogP contribution in [0.5, 0.6) is 0 Å². The van der Waals surface area contributed by atoms with E-state index in [9.17, 15) is 13.2 Å². The molecule has 0 fully saturated rings. The Labute approximate surface area is 75.5 Å². The molecule has 0 N–H and O–H groups in total. The van der Waals surface area contributed by atoms with Gasteiger partial charge >= 0.3 is 6.18 Å². The van der Waals surface area contributed by atoms with Crippen molar-refractivity contribution >= 4 is 15.9 Å². The molecule has 1 aromatic heterocycles. The first-order chi connectivity index (χ1) is 5.45. The number of nitrogens with zero attached hydrogens (tertiary/aromatic N) is 2. The lowest BCUT2D eigenvalue weighted by Crippen LogP contribution is -2.13. The zero-order valence-corrected chi connectivity index (χ0v) is 7.78. The largest absolute Gasteiger partial charge is 0.433 e. The van der Waals surface area contributed by atoms with Gasteiger partial charge in [0.15, 0.2) is 0 Å². The molecule has 1 aromatic rings. The molecular formula is C6H6BrF3N2. The van der Waals surface area contributed by atoms with Crippen LogP contribution in [0.25, 0.3) is 0 Å². The van der Waals surface area contributed by atoms with Gasteiger partial charge in [0.25, 0.3) is 0 Å². The van der Waals surface area contributed by atoms with Crippen molar-refractivity contribution in [3.05, 3.63) is 16.4 Å². The predicted molar refractivity (Wildman–Crippen MR) is 40.6 cm³/mol. The third-order valence-corrected chi connectivity index (χ3v) is 1.73. The minimum atomic E-state index is -4.32. The molecule has 6 heteroatoms. The topological polar surface area (TPSA) is 17.8 Å². The summed E-state index contributed by atoms with van der Waals surface area (Å²) in [6.07, 6.45) is -4.32. The van der Waals surface area contributed by atoms with Crippen LogP contribution in [0.4, 0.5) is 13.2 Å². The molecule has 0 aliphatic carbocycles. The maximum Gasteiger partial charge on any atom is 0.433 e. The van der Waals surface area contributed by atoms with Crippen LogP contribution in [-0.2, 0) is 12.7 Å². The van der Waals surface area contributed by atoms with Gasteiger partial charge in [-0.3, -0.25) is 4.68 Å². The molecule has 0 bridgehead atoms. The number of aromatic nitrogens is 2. The molecule has 0 unspecified atom stereocenters. The van der Waals surface area contributed by atoms with E-state index in [0.717, 1.165) is 10.7 Å². The summed E-state index contributed by atoms with van der Waals surface area (Å²) in [5.41, 5.74) is -0.725. The molecule has 2 nitrogen and oxygen atoms in total. The Hall–Kier alpha value is -0.520. The second-order valence-corrected chi connectivity index (χ2v) is 2.98. The Morgan fingerprint density at radius 2 is 2.17 bits per heavy atom. The Morgan fingerprint density at radius 3 is 2.50 bits per heavy atom. The molecule has 0 radical (unpaired) electrons. The lowest BCUT2D eigenvalue weighted by atomic mass is 10.4. The summed E-state index contributed by atoms with van der Waals surface area (Å²) in [5, 5.41) is 3.61. The average molecular weight is 243 g/mol. The molecular weight excluding hydrogens is 237 g/mol. The summed E-state index contributed by atoms with van der Waals surface area (Å²) in [5.74, 6) is 0. The minimum absolute atomic E-state index is 0.205. The van der Waals surface area contributed by atoms with E-state index in [1.807, 2.05) is 0 Å². The summed E-state index contributed by atoms with van der Waals surface area (Å²) in [6, 6.07) is 0.962. The maximum atomic E-state index is 12.2. The minimum Gasteiger partial charge on any atom is -0.260 e. The third-order valence-electron chi connectivity index (χ3n) is 1.34. The summed E-state index contributed by atoms with van der Waals surface area (Å²) >= 11 is 2.88. The molecule has 0 atom stereocenters. The molecule has 0 saturated carbocycles. The Morgan fingerprint density at radius 1 is 1.58 bits per heavy atom. The molecule has 1 rings (SSSR count). The van der Waals surface area contributed by atoms with E-state index in [1.165, 1.54) is 0 Å². The fraction of sp³-hybridized carbons (Fsp3) is 0.500. The standard InChI is InChI=1S/C6H6BrF3N2/c1-2-12-4(6(8,9)10)3-5(7)11-12/h3H,2H2,1H3. The third kappa shape index (κ3) is 1.80. The summed E-state index contributed by atoms with van der Waals surface area (Å²) in [7, 11) is 0. The van der Waals surface area contributed by atoms with Crippen LogP contribution in [0.3, 0.4) is 0 Å². The van der Waals surface area contributed by atoms with Gasteiger partial charge in [-0.1, -0.05) is 0 Å². The van der Waals surface area contributed by atoms with E-state index in [4.69, 9.17) is 0 Å². The zero-order chi connectivity index (χ0) is 9.35. The van der Waals surface area contributed by atoms with Crippen LogP contribution in [0.1, 0.15) is 12.6 Å². The van der Waals surface area contributed by atoms with Crippen LogP contribution in [0.15, 0.2) is 10.7 Å². The van der Waals surface area contributed by atoms with Gasteiger partial charge in [-0.05, 0) is 22.9 Å². The summed E-state index contributed by atoms with van der Waals surface area (Å²) < 4.78 is 37.6. The molecule has 0 spiro atoms. The smallest absolute Gasteiger partial charge is 0.260 e. The molecule has 68 valence electrons. The first kappa shape index (κ1) is 9.57. The van der Waals surface area contributed by atoms with Gasteiger partial charge in [0.1, 0.15) is 10.3 Å².